The number of carboxylic acid groups (broad SMARTS) is 1. The molecule has 0 unspecified atom stereocenters. The van der Waals surface area contributed by atoms with E-state index in [4.69, 9.17) is 16.7 Å². The van der Waals surface area contributed by atoms with E-state index in [0.29, 0.717) is 22.7 Å². The zero-order valence-electron chi connectivity index (χ0n) is 7.71. The van der Waals surface area contributed by atoms with Crippen LogP contribution in [-0.4, -0.2) is 17.0 Å². The van der Waals surface area contributed by atoms with E-state index in [1.807, 2.05) is 0 Å². The third-order valence-electron chi connectivity index (χ3n) is 2.24. The second-order valence-electron chi connectivity index (χ2n) is 3.40. The van der Waals surface area contributed by atoms with Crippen molar-refractivity contribution in [2.45, 2.75) is 12.8 Å². The Hall–Kier alpha value is -1.55. The van der Waals surface area contributed by atoms with E-state index in [9.17, 15) is 9.59 Å². The Kier molecular flexibility index (Phi) is 2.36. The van der Waals surface area contributed by atoms with Gasteiger partial charge in [0.2, 0.25) is 5.91 Å². The quantitative estimate of drug-likeness (QED) is 0.801. The minimum atomic E-state index is -0.943. The summed E-state index contributed by atoms with van der Waals surface area (Å²) in [4.78, 5) is 21.6. The molecule has 1 aromatic rings. The van der Waals surface area contributed by atoms with Gasteiger partial charge in [-0.05, 0) is 23.3 Å². The lowest BCUT2D eigenvalue weighted by atomic mass is 10.1. The lowest BCUT2D eigenvalue weighted by Crippen LogP contribution is -2.04. The number of carbonyl (C=O) groups excluding carboxylic acids is 1. The largest absolute Gasteiger partial charge is 0.481 e. The molecule has 0 radical (unpaired) electrons. The average molecular weight is 226 g/mol. The number of hydrogen-bond acceptors (Lipinski definition) is 2. The smallest absolute Gasteiger partial charge is 0.307 e. The molecule has 15 heavy (non-hydrogen) atoms. The number of nitrogens with one attached hydrogen (secondary N) is 1. The molecular formula is C10H8ClNO3. The second kappa shape index (κ2) is 3.55. The van der Waals surface area contributed by atoms with Crippen LogP contribution in [0.1, 0.15) is 11.1 Å². The molecule has 0 saturated heterocycles. The summed E-state index contributed by atoms with van der Waals surface area (Å²) in [7, 11) is 0. The maximum absolute atomic E-state index is 11.1. The highest BCUT2D eigenvalue weighted by Gasteiger charge is 2.20. The number of halogens is 1. The van der Waals surface area contributed by atoms with Crippen LogP contribution in [0.2, 0.25) is 5.02 Å². The van der Waals surface area contributed by atoms with Gasteiger partial charge in [0.1, 0.15) is 0 Å². The fourth-order valence-electron chi connectivity index (χ4n) is 1.59. The van der Waals surface area contributed by atoms with Gasteiger partial charge >= 0.3 is 5.97 Å². The van der Waals surface area contributed by atoms with E-state index in [1.165, 1.54) is 0 Å². The highest BCUT2D eigenvalue weighted by atomic mass is 35.5. The molecule has 5 heteroatoms. The van der Waals surface area contributed by atoms with Crippen LogP contribution in [0.15, 0.2) is 12.1 Å². The average Bonchev–Trinajstić information content (AvgIpc) is 2.44. The summed E-state index contributed by atoms with van der Waals surface area (Å²) in [6.07, 6.45) is 0.171. The van der Waals surface area contributed by atoms with Crippen molar-refractivity contribution < 1.29 is 14.7 Å². The maximum atomic E-state index is 11.1. The fourth-order valence-corrected chi connectivity index (χ4v) is 1.84. The van der Waals surface area contributed by atoms with Crippen molar-refractivity contribution >= 4 is 29.2 Å². The molecule has 0 atom stereocenters. The van der Waals surface area contributed by atoms with Crippen LogP contribution in [0.4, 0.5) is 5.69 Å². The van der Waals surface area contributed by atoms with Crippen molar-refractivity contribution in [3.63, 3.8) is 0 Å². The van der Waals surface area contributed by atoms with Gasteiger partial charge < -0.3 is 10.4 Å². The van der Waals surface area contributed by atoms with E-state index in [1.54, 1.807) is 12.1 Å². The Bertz CT molecular complexity index is 456. The topological polar surface area (TPSA) is 66.4 Å². The van der Waals surface area contributed by atoms with Gasteiger partial charge in [0, 0.05) is 10.7 Å². The predicted octanol–water partition coefficient (Wildman–Crippen LogP) is 1.46. The first-order valence-electron chi connectivity index (χ1n) is 4.39. The molecule has 2 N–H and O–H groups in total. The molecular weight excluding hydrogens is 218 g/mol. The second-order valence-corrected chi connectivity index (χ2v) is 3.80. The van der Waals surface area contributed by atoms with Gasteiger partial charge in [-0.25, -0.2) is 0 Å². The summed E-state index contributed by atoms with van der Waals surface area (Å²) in [5, 5.41) is 11.7. The van der Waals surface area contributed by atoms with Crippen LogP contribution >= 0.6 is 11.6 Å². The Morgan fingerprint density at radius 3 is 2.93 bits per heavy atom. The van der Waals surface area contributed by atoms with Crippen molar-refractivity contribution in [2.75, 3.05) is 5.32 Å². The molecule has 0 bridgehead atoms. The highest BCUT2D eigenvalue weighted by Crippen LogP contribution is 2.29. The molecule has 78 valence electrons. The molecule has 0 spiro atoms. The zero-order valence-corrected chi connectivity index (χ0v) is 8.47. The van der Waals surface area contributed by atoms with Crippen LogP contribution in [0, 0.1) is 0 Å². The summed E-state index contributed by atoms with van der Waals surface area (Å²) in [6.45, 7) is 0. The van der Waals surface area contributed by atoms with Gasteiger partial charge in [0.15, 0.2) is 0 Å². The number of carbonyl (C=O) groups is 2. The minimum Gasteiger partial charge on any atom is -0.481 e. The molecule has 1 heterocycles. The summed E-state index contributed by atoms with van der Waals surface area (Å²) >= 11 is 5.90. The van der Waals surface area contributed by atoms with Crippen LogP contribution in [-0.2, 0) is 22.4 Å². The molecule has 1 aliphatic heterocycles. The Balaban J connectivity index is 2.39. The van der Waals surface area contributed by atoms with Gasteiger partial charge in [0.25, 0.3) is 0 Å². The van der Waals surface area contributed by atoms with Gasteiger partial charge in [0.05, 0.1) is 12.8 Å². The van der Waals surface area contributed by atoms with Gasteiger partial charge in [-0.2, -0.15) is 0 Å². The predicted molar refractivity (Wildman–Crippen MR) is 55.1 cm³/mol. The van der Waals surface area contributed by atoms with Gasteiger partial charge in [-0.15, -0.1) is 0 Å². The summed E-state index contributed by atoms with van der Waals surface area (Å²) in [5.41, 5.74) is 2.00. The molecule has 0 aliphatic carbocycles. The standard InChI is InChI=1S/C10H8ClNO3/c11-7-1-6-3-9(13)12-8(6)2-5(7)4-10(14)15/h1-2H,3-4H2,(H,12,13)(H,14,15). The van der Waals surface area contributed by atoms with E-state index in [0.717, 1.165) is 5.56 Å². The van der Waals surface area contributed by atoms with E-state index in [2.05, 4.69) is 5.32 Å². The van der Waals surface area contributed by atoms with Crippen molar-refractivity contribution in [1.82, 2.24) is 0 Å². The number of aliphatic carboxylic acids is 1. The molecule has 1 aliphatic rings. The first-order valence-corrected chi connectivity index (χ1v) is 4.77. The monoisotopic (exact) mass is 225 g/mol. The van der Waals surface area contributed by atoms with E-state index in [-0.39, 0.29) is 12.3 Å². The number of benzene rings is 1. The Morgan fingerprint density at radius 1 is 1.53 bits per heavy atom. The molecule has 1 aromatic carbocycles. The van der Waals surface area contributed by atoms with Crippen molar-refractivity contribution in [2.24, 2.45) is 0 Å². The molecule has 0 fully saturated rings. The number of carboxylic acids is 1. The maximum Gasteiger partial charge on any atom is 0.307 e. The van der Waals surface area contributed by atoms with Crippen LogP contribution in [0.5, 0.6) is 0 Å². The number of anilines is 1. The van der Waals surface area contributed by atoms with Crippen molar-refractivity contribution in [1.29, 1.82) is 0 Å². The first kappa shape index (κ1) is 9.98. The fraction of sp³-hybridized carbons (Fsp3) is 0.200. The zero-order chi connectivity index (χ0) is 11.0. The lowest BCUT2D eigenvalue weighted by molar-refractivity contribution is -0.136. The van der Waals surface area contributed by atoms with E-state index >= 15 is 0 Å². The number of fused-ring (bicyclic) bond motifs is 1. The van der Waals surface area contributed by atoms with E-state index < -0.39 is 5.97 Å². The molecule has 0 saturated carbocycles. The summed E-state index contributed by atoms with van der Waals surface area (Å²) in [5.74, 6) is -1.03. The highest BCUT2D eigenvalue weighted by molar-refractivity contribution is 6.31. The first-order chi connectivity index (χ1) is 7.06. The molecule has 2 rings (SSSR count). The third kappa shape index (κ3) is 1.94. The van der Waals surface area contributed by atoms with Gasteiger partial charge in [-0.3, -0.25) is 9.59 Å². The van der Waals surface area contributed by atoms with Crippen molar-refractivity contribution in [3.05, 3.63) is 28.3 Å². The van der Waals surface area contributed by atoms with Crippen molar-refractivity contribution in [3.8, 4) is 0 Å². The number of rotatable bonds is 2. The van der Waals surface area contributed by atoms with Crippen LogP contribution < -0.4 is 5.32 Å². The Labute approximate surface area is 90.9 Å². The number of hydrogen-bond donors (Lipinski definition) is 2. The number of amides is 1. The van der Waals surface area contributed by atoms with Crippen LogP contribution in [0.25, 0.3) is 0 Å². The van der Waals surface area contributed by atoms with Gasteiger partial charge in [-0.1, -0.05) is 11.6 Å². The SMILES string of the molecule is O=C(O)Cc1cc2c(cc1Cl)CC(=O)N2. The molecule has 0 aromatic heterocycles. The normalized spacial score (nSPS) is 13.5. The molecule has 1 amide bonds. The minimum absolute atomic E-state index is 0.0893. The van der Waals surface area contributed by atoms with Crippen LogP contribution in [0.3, 0.4) is 0 Å². The summed E-state index contributed by atoms with van der Waals surface area (Å²) < 4.78 is 0. The molecule has 4 nitrogen and oxygen atoms in total. The lowest BCUT2D eigenvalue weighted by Gasteiger charge is -2.04. The summed E-state index contributed by atoms with van der Waals surface area (Å²) in [6, 6.07) is 3.27. The Morgan fingerprint density at radius 2 is 2.27 bits per heavy atom. The third-order valence-corrected chi connectivity index (χ3v) is 2.59.